The van der Waals surface area contributed by atoms with Crippen LogP contribution in [0.5, 0.6) is 0 Å². The van der Waals surface area contributed by atoms with Crippen LogP contribution in [0.4, 0.5) is 11.4 Å². The number of carbonyl (C=O) groups is 2. The Hall–Kier alpha value is -3.81. The molecular formula is C25H26N6O2. The van der Waals surface area contributed by atoms with Crippen LogP contribution in [-0.4, -0.2) is 38.2 Å². The summed E-state index contributed by atoms with van der Waals surface area (Å²) in [4.78, 5) is 25.2. The lowest BCUT2D eigenvalue weighted by Gasteiger charge is -2.20. The van der Waals surface area contributed by atoms with Gasteiger partial charge in [-0.1, -0.05) is 36.8 Å². The molecule has 0 spiro atoms. The van der Waals surface area contributed by atoms with Crippen molar-refractivity contribution in [2.45, 2.75) is 51.6 Å². The minimum absolute atomic E-state index is 0.0279. The van der Waals surface area contributed by atoms with Crippen LogP contribution < -0.4 is 10.3 Å². The quantitative estimate of drug-likeness (QED) is 0.648. The number of carbonyl (C=O) groups excluding carboxylic acids is 2. The molecule has 0 bridgehead atoms. The van der Waals surface area contributed by atoms with Crippen molar-refractivity contribution in [3.8, 4) is 11.4 Å². The molecule has 1 atom stereocenters. The van der Waals surface area contributed by atoms with Crippen LogP contribution in [0.3, 0.4) is 0 Å². The van der Waals surface area contributed by atoms with Crippen molar-refractivity contribution < 1.29 is 9.59 Å². The van der Waals surface area contributed by atoms with Crippen molar-refractivity contribution in [1.82, 2.24) is 14.8 Å². The molecule has 8 heteroatoms. The van der Waals surface area contributed by atoms with E-state index in [-0.39, 0.29) is 18.1 Å². The normalized spacial score (nSPS) is 17.8. The molecule has 0 aliphatic carbocycles. The van der Waals surface area contributed by atoms with Gasteiger partial charge in [-0.3, -0.25) is 14.6 Å². The number of hydrogen-bond donors (Lipinski definition) is 1. The van der Waals surface area contributed by atoms with Crippen LogP contribution in [0.25, 0.3) is 11.4 Å². The van der Waals surface area contributed by atoms with Crippen molar-refractivity contribution in [2.24, 2.45) is 5.10 Å². The second-order valence-electron chi connectivity index (χ2n) is 8.49. The van der Waals surface area contributed by atoms with Crippen molar-refractivity contribution in [1.29, 1.82) is 0 Å². The highest BCUT2D eigenvalue weighted by atomic mass is 16.2. The van der Waals surface area contributed by atoms with E-state index < -0.39 is 6.04 Å². The van der Waals surface area contributed by atoms with E-state index >= 15 is 0 Å². The monoisotopic (exact) mass is 442 g/mol. The van der Waals surface area contributed by atoms with Crippen molar-refractivity contribution in [2.75, 3.05) is 10.3 Å². The largest absolute Gasteiger partial charge is 0.321 e. The number of anilines is 2. The highest BCUT2D eigenvalue weighted by molar-refractivity contribution is 6.44. The number of nitrogens with one attached hydrogen (secondary N) is 1. The molecule has 0 saturated carbocycles. The molecule has 2 aliphatic heterocycles. The van der Waals surface area contributed by atoms with E-state index in [0.717, 1.165) is 48.7 Å². The van der Waals surface area contributed by atoms with E-state index in [4.69, 9.17) is 0 Å². The maximum absolute atomic E-state index is 13.0. The second kappa shape index (κ2) is 8.97. The number of ketones is 1. The fourth-order valence-electron chi connectivity index (χ4n) is 4.42. The smallest absolute Gasteiger partial charge is 0.271 e. The molecule has 3 heterocycles. The Kier molecular flexibility index (Phi) is 5.73. The maximum atomic E-state index is 13.0. The zero-order valence-electron chi connectivity index (χ0n) is 18.6. The molecule has 2 aromatic carbocycles. The Morgan fingerprint density at radius 1 is 1.00 bits per heavy atom. The summed E-state index contributed by atoms with van der Waals surface area (Å²) in [6.45, 7) is 2.44. The van der Waals surface area contributed by atoms with Gasteiger partial charge in [-0.2, -0.15) is 5.10 Å². The molecular weight excluding hydrogens is 416 g/mol. The van der Waals surface area contributed by atoms with Crippen LogP contribution >= 0.6 is 0 Å². The topological polar surface area (TPSA) is 92.5 Å². The third kappa shape index (κ3) is 4.28. The summed E-state index contributed by atoms with van der Waals surface area (Å²) in [5.74, 6) is 1.51. The van der Waals surface area contributed by atoms with Crippen LogP contribution in [0, 0.1) is 0 Å². The standard InChI is InChI=1S/C25H26N6O2/c1-17(32)22-16-21(29-31(22)20-11-4-2-5-12-20)25(33)26-19-10-8-9-18(15-19)24-28-27-23-13-6-3-7-14-30(23)24/h2,4-5,8-12,15,22H,3,6-7,13-14,16H2,1H3,(H,26,33). The predicted molar refractivity (Wildman–Crippen MR) is 127 cm³/mol. The number of hydrazone groups is 1. The number of Topliss-reactive ketones (excluding diaryl/α,β-unsaturated/α-hetero) is 1. The van der Waals surface area contributed by atoms with Gasteiger partial charge in [0.05, 0.1) is 5.69 Å². The molecule has 1 N–H and O–H groups in total. The summed E-state index contributed by atoms with van der Waals surface area (Å²) >= 11 is 0. The zero-order valence-corrected chi connectivity index (χ0v) is 18.6. The first kappa shape index (κ1) is 21.1. The molecule has 0 fully saturated rings. The van der Waals surface area contributed by atoms with Crippen molar-refractivity contribution >= 4 is 28.8 Å². The number of fused-ring (bicyclic) bond motifs is 1. The summed E-state index contributed by atoms with van der Waals surface area (Å²) in [5, 5.41) is 17.9. The van der Waals surface area contributed by atoms with Gasteiger partial charge < -0.3 is 9.88 Å². The number of hydrogen-bond acceptors (Lipinski definition) is 6. The first-order valence-electron chi connectivity index (χ1n) is 11.4. The van der Waals surface area contributed by atoms with Gasteiger partial charge >= 0.3 is 0 Å². The molecule has 168 valence electrons. The van der Waals surface area contributed by atoms with Crippen molar-refractivity contribution in [3.05, 3.63) is 60.4 Å². The SMILES string of the molecule is CC(=O)C1CC(C(=O)Nc2cccc(-c3nnc4n3CCCCC4)c2)=NN1c1ccccc1. The van der Waals surface area contributed by atoms with Crippen LogP contribution in [0.1, 0.15) is 38.4 Å². The van der Waals surface area contributed by atoms with Gasteiger partial charge in [0, 0.05) is 30.6 Å². The lowest BCUT2D eigenvalue weighted by atomic mass is 10.1. The van der Waals surface area contributed by atoms with Gasteiger partial charge in [-0.15, -0.1) is 10.2 Å². The molecule has 8 nitrogen and oxygen atoms in total. The predicted octanol–water partition coefficient (Wildman–Crippen LogP) is 3.83. The maximum Gasteiger partial charge on any atom is 0.271 e. The summed E-state index contributed by atoms with van der Waals surface area (Å²) in [5.41, 5.74) is 2.69. The van der Waals surface area contributed by atoms with Crippen LogP contribution in [0.2, 0.25) is 0 Å². The lowest BCUT2D eigenvalue weighted by molar-refractivity contribution is -0.118. The Labute approximate surface area is 192 Å². The summed E-state index contributed by atoms with van der Waals surface area (Å²) in [7, 11) is 0. The molecule has 3 aromatic rings. The van der Waals surface area contributed by atoms with Gasteiger partial charge in [0.15, 0.2) is 11.6 Å². The molecule has 33 heavy (non-hydrogen) atoms. The summed E-state index contributed by atoms with van der Waals surface area (Å²) in [6, 6.07) is 16.6. The number of aromatic nitrogens is 3. The fourth-order valence-corrected chi connectivity index (χ4v) is 4.42. The lowest BCUT2D eigenvalue weighted by Crippen LogP contribution is -2.33. The fraction of sp³-hybridized carbons (Fsp3) is 0.320. The van der Waals surface area contributed by atoms with Gasteiger partial charge in [-0.05, 0) is 44.0 Å². The van der Waals surface area contributed by atoms with Crippen LogP contribution in [0.15, 0.2) is 59.7 Å². The highest BCUT2D eigenvalue weighted by Gasteiger charge is 2.34. The first-order chi connectivity index (χ1) is 16.1. The number of aryl methyl sites for hydroxylation is 1. The van der Waals surface area contributed by atoms with E-state index in [1.54, 1.807) is 5.01 Å². The number of nitrogens with zero attached hydrogens (tertiary/aromatic N) is 5. The number of amides is 1. The number of benzene rings is 2. The molecule has 0 radical (unpaired) electrons. The number of rotatable bonds is 5. The van der Waals surface area contributed by atoms with E-state index in [0.29, 0.717) is 11.4 Å². The van der Waals surface area contributed by atoms with Crippen LogP contribution in [-0.2, 0) is 22.6 Å². The minimum atomic E-state index is -0.481. The van der Waals surface area contributed by atoms with E-state index in [9.17, 15) is 9.59 Å². The molecule has 0 saturated heterocycles. The first-order valence-corrected chi connectivity index (χ1v) is 11.4. The second-order valence-corrected chi connectivity index (χ2v) is 8.49. The van der Waals surface area contributed by atoms with E-state index in [1.165, 1.54) is 13.3 Å². The van der Waals surface area contributed by atoms with E-state index in [1.807, 2.05) is 54.6 Å². The molecule has 1 unspecified atom stereocenters. The van der Waals surface area contributed by atoms with E-state index in [2.05, 4.69) is 25.2 Å². The Balaban J connectivity index is 1.37. The third-order valence-corrected chi connectivity index (χ3v) is 6.15. The minimum Gasteiger partial charge on any atom is -0.321 e. The Morgan fingerprint density at radius 3 is 2.67 bits per heavy atom. The summed E-state index contributed by atoms with van der Waals surface area (Å²) in [6.07, 6.45) is 4.66. The average molecular weight is 443 g/mol. The molecule has 2 aliphatic rings. The van der Waals surface area contributed by atoms with Crippen molar-refractivity contribution in [3.63, 3.8) is 0 Å². The zero-order chi connectivity index (χ0) is 22.8. The summed E-state index contributed by atoms with van der Waals surface area (Å²) < 4.78 is 2.18. The van der Waals surface area contributed by atoms with Gasteiger partial charge in [-0.25, -0.2) is 0 Å². The van der Waals surface area contributed by atoms with Gasteiger partial charge in [0.1, 0.15) is 17.6 Å². The van der Waals surface area contributed by atoms with Gasteiger partial charge in [0.25, 0.3) is 5.91 Å². The average Bonchev–Trinajstić information content (AvgIpc) is 3.39. The third-order valence-electron chi connectivity index (χ3n) is 6.15. The molecule has 5 rings (SSSR count). The Bertz CT molecular complexity index is 1220. The van der Waals surface area contributed by atoms with Gasteiger partial charge in [0.2, 0.25) is 0 Å². The molecule has 1 amide bonds. The molecule has 1 aromatic heterocycles. The highest BCUT2D eigenvalue weighted by Crippen LogP contribution is 2.27. The number of para-hydroxylation sites is 1. The Morgan fingerprint density at radius 2 is 1.85 bits per heavy atom.